The maximum absolute atomic E-state index is 14.3. The number of fused-ring (bicyclic) bond motifs is 3. The second-order valence-corrected chi connectivity index (χ2v) is 8.24. The van der Waals surface area contributed by atoms with Gasteiger partial charge in [-0.1, -0.05) is 36.8 Å². The van der Waals surface area contributed by atoms with Crippen molar-refractivity contribution in [2.45, 2.75) is 31.5 Å². The van der Waals surface area contributed by atoms with Gasteiger partial charge in [-0.05, 0) is 24.5 Å². The van der Waals surface area contributed by atoms with Crippen molar-refractivity contribution in [2.75, 3.05) is 13.1 Å². The molecule has 1 aliphatic heterocycles. The van der Waals surface area contributed by atoms with E-state index in [1.807, 2.05) is 30.3 Å². The Morgan fingerprint density at radius 2 is 1.93 bits per heavy atom. The fourth-order valence-electron chi connectivity index (χ4n) is 5.07. The Bertz CT molecular complexity index is 1060. The number of ether oxygens (including phenoxy) is 1. The van der Waals surface area contributed by atoms with Crippen molar-refractivity contribution in [3.63, 3.8) is 0 Å². The average molecular weight is 410 g/mol. The zero-order chi connectivity index (χ0) is 20.7. The normalized spacial score (nSPS) is 26.0. The van der Waals surface area contributed by atoms with E-state index in [4.69, 9.17) is 4.74 Å². The molecular formula is C22H23FN4O3. The van der Waals surface area contributed by atoms with E-state index in [2.05, 4.69) is 15.4 Å². The highest BCUT2D eigenvalue weighted by Gasteiger charge is 2.53. The van der Waals surface area contributed by atoms with Crippen LogP contribution >= 0.6 is 0 Å². The smallest absolute Gasteiger partial charge is 0.410 e. The molecule has 2 heterocycles. The van der Waals surface area contributed by atoms with Crippen LogP contribution in [-0.4, -0.2) is 44.6 Å². The Morgan fingerprint density at radius 3 is 2.67 bits per heavy atom. The third-order valence-corrected chi connectivity index (χ3v) is 6.51. The number of piperidine rings is 1. The first-order valence-corrected chi connectivity index (χ1v) is 10.2. The van der Waals surface area contributed by atoms with Gasteiger partial charge in [0.25, 0.3) is 0 Å². The second-order valence-electron chi connectivity index (χ2n) is 8.24. The van der Waals surface area contributed by atoms with Crippen LogP contribution in [0.4, 0.5) is 9.18 Å². The molecule has 2 N–H and O–H groups in total. The minimum Gasteiger partial charge on any atom is -0.445 e. The fraction of sp³-hybridized carbons (Fsp3) is 0.409. The number of aromatic nitrogens is 3. The first-order chi connectivity index (χ1) is 14.6. The van der Waals surface area contributed by atoms with E-state index < -0.39 is 11.4 Å². The van der Waals surface area contributed by atoms with Gasteiger partial charge in [-0.2, -0.15) is 15.4 Å². The Labute approximate surface area is 172 Å². The maximum atomic E-state index is 14.3. The van der Waals surface area contributed by atoms with Gasteiger partial charge in [0.05, 0.1) is 0 Å². The number of nitrogens with zero attached hydrogens (tertiary/aromatic N) is 3. The summed E-state index contributed by atoms with van der Waals surface area (Å²) in [4.78, 5) is 14.4. The molecule has 1 saturated heterocycles. The number of halogens is 1. The van der Waals surface area contributed by atoms with Crippen molar-refractivity contribution < 1.29 is 19.0 Å². The molecule has 1 amide bonds. The molecule has 2 aliphatic rings. The van der Waals surface area contributed by atoms with Gasteiger partial charge in [0.15, 0.2) is 0 Å². The van der Waals surface area contributed by atoms with Gasteiger partial charge < -0.3 is 14.7 Å². The lowest BCUT2D eigenvalue weighted by atomic mass is 9.62. The number of rotatable bonds is 3. The lowest BCUT2D eigenvalue weighted by Gasteiger charge is -2.52. The summed E-state index contributed by atoms with van der Waals surface area (Å²) in [5.74, 6) is -0.908. The number of likely N-dealkylation sites (tertiary alicyclic amines) is 1. The summed E-state index contributed by atoms with van der Waals surface area (Å²) in [6.45, 7) is 0.923. The van der Waals surface area contributed by atoms with Crippen molar-refractivity contribution in [3.8, 4) is 0 Å². The third kappa shape index (κ3) is 3.11. The van der Waals surface area contributed by atoms with Gasteiger partial charge in [-0.3, -0.25) is 0 Å². The van der Waals surface area contributed by atoms with Crippen LogP contribution in [0.15, 0.2) is 42.5 Å². The van der Waals surface area contributed by atoms with Crippen LogP contribution in [0.1, 0.15) is 30.4 Å². The highest BCUT2D eigenvalue weighted by Crippen LogP contribution is 2.50. The fourth-order valence-corrected chi connectivity index (χ4v) is 5.07. The van der Waals surface area contributed by atoms with Gasteiger partial charge in [-0.25, -0.2) is 9.18 Å². The number of carbonyl (C=O) groups is 1. The number of nitrogens with one attached hydrogen (secondary N) is 1. The molecule has 3 aromatic rings. The number of benzene rings is 2. The summed E-state index contributed by atoms with van der Waals surface area (Å²) in [5, 5.41) is 22.5. The molecule has 1 aliphatic carbocycles. The standard InChI is InChI=1S/C22H23FN4O3/c23-17-9-18(20-19(10-17)24-26-25-20)22(29)15-7-4-8-16(22)12-27(11-15)21(28)30-13-14-5-2-1-3-6-14/h1-3,5-6,9-10,15-16,29H,4,7-8,11-13H2,(H,24,25,26). The molecule has 2 fully saturated rings. The van der Waals surface area contributed by atoms with Crippen LogP contribution < -0.4 is 0 Å². The van der Waals surface area contributed by atoms with E-state index in [1.54, 1.807) is 4.90 Å². The summed E-state index contributed by atoms with van der Waals surface area (Å²) < 4.78 is 19.8. The van der Waals surface area contributed by atoms with E-state index in [0.717, 1.165) is 24.8 Å². The molecule has 1 saturated carbocycles. The predicted molar refractivity (Wildman–Crippen MR) is 107 cm³/mol. The second kappa shape index (κ2) is 7.36. The zero-order valence-electron chi connectivity index (χ0n) is 16.4. The molecule has 0 radical (unpaired) electrons. The van der Waals surface area contributed by atoms with E-state index in [1.165, 1.54) is 12.1 Å². The Morgan fingerprint density at radius 1 is 1.20 bits per heavy atom. The Balaban J connectivity index is 1.40. The molecule has 7 nitrogen and oxygen atoms in total. The zero-order valence-corrected chi connectivity index (χ0v) is 16.4. The van der Waals surface area contributed by atoms with Crippen molar-refractivity contribution in [3.05, 3.63) is 59.4 Å². The number of hydrogen-bond acceptors (Lipinski definition) is 5. The van der Waals surface area contributed by atoms with Gasteiger partial charge in [0.1, 0.15) is 29.1 Å². The van der Waals surface area contributed by atoms with Crippen molar-refractivity contribution in [2.24, 2.45) is 11.8 Å². The van der Waals surface area contributed by atoms with Crippen LogP contribution in [0.3, 0.4) is 0 Å². The summed E-state index contributed by atoms with van der Waals surface area (Å²) >= 11 is 0. The van der Waals surface area contributed by atoms with Crippen molar-refractivity contribution >= 4 is 17.1 Å². The maximum Gasteiger partial charge on any atom is 0.410 e. The van der Waals surface area contributed by atoms with Gasteiger partial charge in [-0.15, -0.1) is 0 Å². The molecule has 2 atom stereocenters. The molecule has 5 rings (SSSR count). The van der Waals surface area contributed by atoms with Crippen LogP contribution in [0.2, 0.25) is 0 Å². The summed E-state index contributed by atoms with van der Waals surface area (Å²) in [6.07, 6.45) is 2.06. The average Bonchev–Trinajstić information content (AvgIpc) is 3.20. The lowest BCUT2D eigenvalue weighted by molar-refractivity contribution is -0.141. The monoisotopic (exact) mass is 410 g/mol. The number of hydrogen-bond donors (Lipinski definition) is 2. The van der Waals surface area contributed by atoms with Crippen LogP contribution in [-0.2, 0) is 16.9 Å². The van der Waals surface area contributed by atoms with E-state index in [9.17, 15) is 14.3 Å². The molecule has 156 valence electrons. The topological polar surface area (TPSA) is 91.3 Å². The van der Waals surface area contributed by atoms with Gasteiger partial charge in [0, 0.05) is 36.6 Å². The van der Waals surface area contributed by atoms with Crippen LogP contribution in [0, 0.1) is 17.7 Å². The SMILES string of the molecule is O=C(OCc1ccccc1)N1CC2CCCC(C1)C2(O)c1cc(F)cc2n[nH]nc12. The molecular weight excluding hydrogens is 387 g/mol. The third-order valence-electron chi connectivity index (χ3n) is 6.51. The van der Waals surface area contributed by atoms with Crippen molar-refractivity contribution in [1.82, 2.24) is 20.3 Å². The summed E-state index contributed by atoms with van der Waals surface area (Å²) in [5.41, 5.74) is 0.995. The minimum absolute atomic E-state index is 0.208. The summed E-state index contributed by atoms with van der Waals surface area (Å²) in [6, 6.07) is 12.2. The van der Waals surface area contributed by atoms with E-state index >= 15 is 0 Å². The highest BCUT2D eigenvalue weighted by molar-refractivity contribution is 5.79. The molecule has 2 aromatic carbocycles. The predicted octanol–water partition coefficient (Wildman–Crippen LogP) is 3.35. The number of aliphatic hydroxyl groups is 1. The van der Waals surface area contributed by atoms with Gasteiger partial charge in [0.2, 0.25) is 0 Å². The summed E-state index contributed by atoms with van der Waals surface area (Å²) in [7, 11) is 0. The Kier molecular flexibility index (Phi) is 4.66. The number of carbonyl (C=O) groups excluding carboxylic acids is 1. The molecule has 1 aromatic heterocycles. The molecule has 8 heteroatoms. The molecule has 0 spiro atoms. The Hall–Kier alpha value is -3.00. The largest absolute Gasteiger partial charge is 0.445 e. The highest BCUT2D eigenvalue weighted by atomic mass is 19.1. The number of amides is 1. The van der Waals surface area contributed by atoms with Crippen LogP contribution in [0.5, 0.6) is 0 Å². The quantitative estimate of drug-likeness (QED) is 0.691. The number of H-pyrrole nitrogens is 1. The van der Waals surface area contributed by atoms with E-state index in [0.29, 0.717) is 29.7 Å². The van der Waals surface area contributed by atoms with E-state index in [-0.39, 0.29) is 24.5 Å². The number of aromatic amines is 1. The molecule has 2 bridgehead atoms. The lowest BCUT2D eigenvalue weighted by Crippen LogP contribution is -2.59. The minimum atomic E-state index is -1.26. The van der Waals surface area contributed by atoms with Crippen molar-refractivity contribution in [1.29, 1.82) is 0 Å². The molecule has 2 unspecified atom stereocenters. The van der Waals surface area contributed by atoms with Gasteiger partial charge >= 0.3 is 6.09 Å². The molecule has 30 heavy (non-hydrogen) atoms. The first-order valence-electron chi connectivity index (χ1n) is 10.2. The van der Waals surface area contributed by atoms with Crippen LogP contribution in [0.25, 0.3) is 11.0 Å². The first kappa shape index (κ1) is 19.0.